The summed E-state index contributed by atoms with van der Waals surface area (Å²) in [7, 11) is -6.26. The van der Waals surface area contributed by atoms with E-state index in [1.54, 1.807) is 0 Å². The van der Waals surface area contributed by atoms with Crippen LogP contribution in [0.4, 0.5) is 0 Å². The summed E-state index contributed by atoms with van der Waals surface area (Å²) in [4.78, 5) is 28.6. The van der Waals surface area contributed by atoms with Crippen LogP contribution in [-0.4, -0.2) is 37.5 Å². The SMILES string of the molecule is O=[Si](O)O.O=[Si](O)O.[Cr+3].[Cr+3].[O-2].[O-2].[O-2]. The van der Waals surface area contributed by atoms with Crippen LogP contribution in [0.15, 0.2) is 0 Å². The minimum absolute atomic E-state index is 0. The molecule has 0 saturated carbocycles. The molecule has 0 rings (SSSR count). The maximum absolute atomic E-state index is 8.74. The van der Waals surface area contributed by atoms with E-state index in [1.807, 2.05) is 0 Å². The van der Waals surface area contributed by atoms with Crippen molar-refractivity contribution in [2.24, 2.45) is 0 Å². The second kappa shape index (κ2) is 39.9. The van der Waals surface area contributed by atoms with Crippen LogP contribution in [0.2, 0.25) is 0 Å². The number of hydrogen-bond donors (Lipinski definition) is 4. The maximum Gasteiger partial charge on any atom is 3.00 e. The second-order valence-corrected chi connectivity index (χ2v) is 1.70. The molecule has 78 valence electrons. The first kappa shape index (κ1) is 51.2. The number of rotatable bonds is 0. The summed E-state index contributed by atoms with van der Waals surface area (Å²) in [6.07, 6.45) is 0. The summed E-state index contributed by atoms with van der Waals surface area (Å²) in [5, 5.41) is 0. The van der Waals surface area contributed by atoms with Gasteiger partial charge in [0.05, 0.1) is 0 Å². The van der Waals surface area contributed by atoms with Crippen molar-refractivity contribution in [3.05, 3.63) is 0 Å². The van der Waals surface area contributed by atoms with Crippen LogP contribution in [-0.2, 0) is 60.1 Å². The van der Waals surface area contributed by atoms with E-state index < -0.39 is 18.3 Å². The smallest absolute Gasteiger partial charge is 2.00 e. The Morgan fingerprint density at radius 3 is 0.615 bits per heavy atom. The Morgan fingerprint density at radius 2 is 0.615 bits per heavy atom. The van der Waals surface area contributed by atoms with Crippen molar-refractivity contribution in [1.29, 1.82) is 0 Å². The molecule has 0 aromatic carbocycles. The molecule has 9 nitrogen and oxygen atoms in total. The molecule has 2 radical (unpaired) electrons. The zero-order valence-electron chi connectivity index (χ0n) is 5.65. The van der Waals surface area contributed by atoms with Crippen LogP contribution in [0.5, 0.6) is 0 Å². The van der Waals surface area contributed by atoms with Crippen molar-refractivity contribution in [3.63, 3.8) is 0 Å². The summed E-state index contributed by atoms with van der Waals surface area (Å²) < 4.78 is 17.5. The Kier molecular flexibility index (Phi) is 157. The molecule has 0 aliphatic rings. The molecule has 0 aliphatic heterocycles. The first-order valence-corrected chi connectivity index (χ1v) is 3.91. The van der Waals surface area contributed by atoms with E-state index >= 15 is 0 Å². The largest absolute Gasteiger partial charge is 3.00 e. The molecular formula is H4Cr2O9Si2. The number of hydrogen-bond acceptors (Lipinski definition) is 2. The van der Waals surface area contributed by atoms with Gasteiger partial charge in [-0.2, -0.15) is 0 Å². The minimum Gasteiger partial charge on any atom is -2.00 e. The topological polar surface area (TPSA) is 201 Å². The van der Waals surface area contributed by atoms with E-state index in [0.717, 1.165) is 0 Å². The Bertz CT molecular complexity index is 73.6. The normalized spacial score (nSPS) is 3.69. The fourth-order valence-electron chi connectivity index (χ4n) is 0. The van der Waals surface area contributed by atoms with Gasteiger partial charge < -0.3 is 35.6 Å². The molecule has 4 N–H and O–H groups in total. The molecular weight excluding hydrogens is 304 g/mol. The van der Waals surface area contributed by atoms with Crippen molar-refractivity contribution in [3.8, 4) is 0 Å². The van der Waals surface area contributed by atoms with E-state index in [0.29, 0.717) is 0 Å². The summed E-state index contributed by atoms with van der Waals surface area (Å²) in [5.74, 6) is 0. The third kappa shape index (κ3) is 39500. The van der Waals surface area contributed by atoms with Gasteiger partial charge in [0.2, 0.25) is 0 Å². The Labute approximate surface area is 97.6 Å². The van der Waals surface area contributed by atoms with Crippen LogP contribution in [0.3, 0.4) is 0 Å². The predicted molar refractivity (Wildman–Crippen MR) is 23.8 cm³/mol. The summed E-state index contributed by atoms with van der Waals surface area (Å²) in [5.41, 5.74) is 0. The zero-order valence-corrected chi connectivity index (χ0v) is 10.2. The van der Waals surface area contributed by atoms with Gasteiger partial charge in [0.1, 0.15) is 0 Å². The molecule has 0 saturated heterocycles. The zero-order chi connectivity index (χ0) is 7.15. The third-order valence-electron chi connectivity index (χ3n) is 0. The van der Waals surface area contributed by atoms with Crippen LogP contribution in [0.1, 0.15) is 0 Å². The van der Waals surface area contributed by atoms with Gasteiger partial charge in [-0.3, -0.25) is 8.92 Å². The third-order valence-corrected chi connectivity index (χ3v) is 0. The van der Waals surface area contributed by atoms with Crippen LogP contribution in [0.25, 0.3) is 0 Å². The molecule has 0 aliphatic carbocycles. The van der Waals surface area contributed by atoms with Crippen LogP contribution in [0, 0.1) is 0 Å². The Balaban J connectivity index is -0.00000000800. The molecule has 0 atom stereocenters. The van der Waals surface area contributed by atoms with E-state index in [4.69, 9.17) is 28.1 Å². The van der Waals surface area contributed by atoms with Gasteiger partial charge in [-0.15, -0.1) is 0 Å². The molecule has 0 amide bonds. The van der Waals surface area contributed by atoms with Crippen molar-refractivity contribution in [2.45, 2.75) is 0 Å². The van der Waals surface area contributed by atoms with Gasteiger partial charge in [-0.1, -0.05) is 0 Å². The molecule has 13 heavy (non-hydrogen) atoms. The van der Waals surface area contributed by atoms with Crippen molar-refractivity contribution < 1.29 is 79.3 Å². The molecule has 0 aromatic heterocycles. The average molecular weight is 308 g/mol. The fraction of sp³-hybridized carbons (Fsp3) is 0. The van der Waals surface area contributed by atoms with Gasteiger partial charge in [0, 0.05) is 0 Å². The van der Waals surface area contributed by atoms with Crippen molar-refractivity contribution >= 4 is 18.3 Å². The maximum atomic E-state index is 8.74. The van der Waals surface area contributed by atoms with Gasteiger partial charge in [-0.05, 0) is 0 Å². The van der Waals surface area contributed by atoms with Gasteiger partial charge >= 0.3 is 53.1 Å². The first-order chi connectivity index (χ1) is 3.46. The fourth-order valence-corrected chi connectivity index (χ4v) is 0. The van der Waals surface area contributed by atoms with Gasteiger partial charge in [0.15, 0.2) is 0 Å². The average Bonchev–Trinajstić information content (AvgIpc) is 1.25. The quantitative estimate of drug-likeness (QED) is 0.333. The Morgan fingerprint density at radius 1 is 0.615 bits per heavy atom. The molecule has 0 heterocycles. The monoisotopic (exact) mass is 308 g/mol. The summed E-state index contributed by atoms with van der Waals surface area (Å²) in [6.45, 7) is 0. The molecule has 0 fully saturated rings. The van der Waals surface area contributed by atoms with Gasteiger partial charge in [0.25, 0.3) is 0 Å². The van der Waals surface area contributed by atoms with Crippen LogP contribution < -0.4 is 0 Å². The molecule has 0 spiro atoms. The van der Waals surface area contributed by atoms with Gasteiger partial charge in [-0.25, -0.2) is 0 Å². The van der Waals surface area contributed by atoms with Crippen LogP contribution >= 0.6 is 0 Å². The van der Waals surface area contributed by atoms with Crippen molar-refractivity contribution in [1.82, 2.24) is 0 Å². The summed E-state index contributed by atoms with van der Waals surface area (Å²) in [6, 6.07) is 0. The molecule has 13 heteroatoms. The standard InChI is InChI=1S/2Cr.2H2O3Si.3O/c;;2*1-4(2)3;;;/h;;2*1-2H;;;/q2*+3;;;3*-2. The van der Waals surface area contributed by atoms with Crippen molar-refractivity contribution in [2.75, 3.05) is 0 Å². The molecule has 0 bridgehead atoms. The minimum atomic E-state index is -3.13. The Hall–Kier alpha value is 0.179. The molecule has 0 aromatic rings. The van der Waals surface area contributed by atoms with E-state index in [9.17, 15) is 0 Å². The molecule has 0 unspecified atom stereocenters. The second-order valence-electron chi connectivity index (χ2n) is 0.565. The van der Waals surface area contributed by atoms with E-state index in [2.05, 4.69) is 0 Å². The predicted octanol–water partition coefficient (Wildman–Crippen LogP) is -3.59. The van der Waals surface area contributed by atoms with E-state index in [1.165, 1.54) is 0 Å². The van der Waals surface area contributed by atoms with E-state index in [-0.39, 0.29) is 51.2 Å². The first-order valence-electron chi connectivity index (χ1n) is 1.30. The summed E-state index contributed by atoms with van der Waals surface area (Å²) >= 11 is 0.